The highest BCUT2D eigenvalue weighted by atomic mass is 16.1. The van der Waals surface area contributed by atoms with Crippen LogP contribution in [0.15, 0.2) is 28.4 Å². The molecule has 17 heavy (non-hydrogen) atoms. The zero-order valence-electron chi connectivity index (χ0n) is 9.77. The standard InChI is InChI=1S/C11H15N5O/c1-7-3-8(10(13)16-15-6-12)5-9(4-7)11(17)14-2/h3-6H,1-2H3,(H2,12,15)(H2,13,16)(H,14,17). The van der Waals surface area contributed by atoms with Gasteiger partial charge in [-0.15, -0.1) is 10.2 Å². The van der Waals surface area contributed by atoms with Gasteiger partial charge >= 0.3 is 0 Å². The first kappa shape index (κ1) is 12.7. The molecule has 1 rings (SSSR count). The molecule has 90 valence electrons. The number of amidine groups is 1. The molecule has 0 aliphatic rings. The lowest BCUT2D eigenvalue weighted by Gasteiger charge is -2.05. The lowest BCUT2D eigenvalue weighted by atomic mass is 10.1. The second-order valence-corrected chi connectivity index (χ2v) is 3.42. The summed E-state index contributed by atoms with van der Waals surface area (Å²) in [5.41, 5.74) is 12.8. The minimum Gasteiger partial charge on any atom is -0.388 e. The van der Waals surface area contributed by atoms with Crippen molar-refractivity contribution < 1.29 is 4.79 Å². The Hall–Kier alpha value is -2.37. The number of hydrogen-bond acceptors (Lipinski definition) is 3. The molecule has 5 N–H and O–H groups in total. The van der Waals surface area contributed by atoms with Crippen molar-refractivity contribution in [3.05, 3.63) is 34.9 Å². The largest absolute Gasteiger partial charge is 0.388 e. The summed E-state index contributed by atoms with van der Waals surface area (Å²) >= 11 is 0. The molecule has 0 saturated carbocycles. The van der Waals surface area contributed by atoms with E-state index < -0.39 is 0 Å². The van der Waals surface area contributed by atoms with Gasteiger partial charge in [-0.05, 0) is 30.7 Å². The molecular weight excluding hydrogens is 218 g/mol. The first-order valence-corrected chi connectivity index (χ1v) is 4.99. The molecule has 0 fully saturated rings. The molecular formula is C11H15N5O. The number of benzene rings is 1. The quantitative estimate of drug-likeness (QED) is 0.387. The van der Waals surface area contributed by atoms with E-state index in [1.165, 1.54) is 0 Å². The molecule has 0 heterocycles. The fourth-order valence-corrected chi connectivity index (χ4v) is 1.36. The molecule has 0 spiro atoms. The van der Waals surface area contributed by atoms with E-state index in [1.54, 1.807) is 19.2 Å². The Morgan fingerprint density at radius 3 is 2.59 bits per heavy atom. The van der Waals surface area contributed by atoms with Crippen molar-refractivity contribution in [2.24, 2.45) is 21.7 Å². The maximum atomic E-state index is 11.5. The van der Waals surface area contributed by atoms with Crippen molar-refractivity contribution >= 4 is 18.1 Å². The van der Waals surface area contributed by atoms with Crippen LogP contribution in [0.2, 0.25) is 0 Å². The maximum Gasteiger partial charge on any atom is 0.251 e. The summed E-state index contributed by atoms with van der Waals surface area (Å²) in [5, 5.41) is 9.72. The van der Waals surface area contributed by atoms with Crippen molar-refractivity contribution in [1.82, 2.24) is 5.32 Å². The van der Waals surface area contributed by atoms with E-state index in [4.69, 9.17) is 11.5 Å². The van der Waals surface area contributed by atoms with E-state index in [-0.39, 0.29) is 11.7 Å². The van der Waals surface area contributed by atoms with Crippen molar-refractivity contribution in [1.29, 1.82) is 0 Å². The first-order valence-electron chi connectivity index (χ1n) is 4.99. The maximum absolute atomic E-state index is 11.5. The van der Waals surface area contributed by atoms with Crippen LogP contribution in [0, 0.1) is 6.92 Å². The molecule has 0 aliphatic carbocycles. The number of amides is 1. The Balaban J connectivity index is 3.17. The minimum atomic E-state index is -0.176. The molecule has 0 radical (unpaired) electrons. The summed E-state index contributed by atoms with van der Waals surface area (Å²) in [5.74, 6) is 0.0330. The van der Waals surface area contributed by atoms with Gasteiger partial charge in [0.15, 0.2) is 5.84 Å². The average molecular weight is 233 g/mol. The number of aryl methyl sites for hydroxylation is 1. The molecule has 1 aromatic rings. The normalized spacial score (nSPS) is 11.8. The predicted molar refractivity (Wildman–Crippen MR) is 68.0 cm³/mol. The number of nitrogens with two attached hydrogens (primary N) is 2. The number of hydrogen-bond donors (Lipinski definition) is 3. The Labute approximate surface area is 99.4 Å². The van der Waals surface area contributed by atoms with Crippen LogP contribution in [-0.2, 0) is 0 Å². The third-order valence-electron chi connectivity index (χ3n) is 2.09. The molecule has 6 nitrogen and oxygen atoms in total. The highest BCUT2D eigenvalue weighted by Crippen LogP contribution is 2.09. The van der Waals surface area contributed by atoms with Crippen molar-refractivity contribution in [3.63, 3.8) is 0 Å². The highest BCUT2D eigenvalue weighted by Gasteiger charge is 2.07. The molecule has 0 atom stereocenters. The van der Waals surface area contributed by atoms with Gasteiger partial charge in [-0.25, -0.2) is 0 Å². The second-order valence-electron chi connectivity index (χ2n) is 3.42. The molecule has 1 amide bonds. The number of nitrogens with one attached hydrogen (secondary N) is 1. The van der Waals surface area contributed by atoms with Gasteiger partial charge in [-0.2, -0.15) is 0 Å². The monoisotopic (exact) mass is 233 g/mol. The molecule has 6 heteroatoms. The van der Waals surface area contributed by atoms with Crippen LogP contribution >= 0.6 is 0 Å². The van der Waals surface area contributed by atoms with Crippen LogP contribution in [0.25, 0.3) is 0 Å². The number of rotatable bonds is 3. The van der Waals surface area contributed by atoms with Crippen LogP contribution in [-0.4, -0.2) is 25.1 Å². The van der Waals surface area contributed by atoms with E-state index in [0.717, 1.165) is 11.9 Å². The van der Waals surface area contributed by atoms with E-state index >= 15 is 0 Å². The topological polar surface area (TPSA) is 106 Å². The molecule has 0 unspecified atom stereocenters. The molecule has 0 bridgehead atoms. The lowest BCUT2D eigenvalue weighted by Crippen LogP contribution is -2.20. The summed E-state index contributed by atoms with van der Waals surface area (Å²) in [7, 11) is 1.57. The van der Waals surface area contributed by atoms with Crippen LogP contribution in [0.5, 0.6) is 0 Å². The molecule has 0 aromatic heterocycles. The Kier molecular flexibility index (Phi) is 4.21. The zero-order valence-corrected chi connectivity index (χ0v) is 9.77. The second kappa shape index (κ2) is 5.64. The van der Waals surface area contributed by atoms with Gasteiger partial charge in [0, 0.05) is 18.2 Å². The molecule has 0 aliphatic heterocycles. The van der Waals surface area contributed by atoms with Crippen LogP contribution in [0.3, 0.4) is 0 Å². The molecule has 1 aromatic carbocycles. The summed E-state index contributed by atoms with van der Waals surface area (Å²) in [6, 6.07) is 5.23. The van der Waals surface area contributed by atoms with Gasteiger partial charge in [-0.3, -0.25) is 4.79 Å². The lowest BCUT2D eigenvalue weighted by molar-refractivity contribution is 0.0963. The minimum absolute atomic E-state index is 0.176. The highest BCUT2D eigenvalue weighted by molar-refractivity contribution is 6.01. The summed E-state index contributed by atoms with van der Waals surface area (Å²) < 4.78 is 0. The van der Waals surface area contributed by atoms with E-state index in [0.29, 0.717) is 11.1 Å². The Bertz CT molecular complexity index is 479. The zero-order chi connectivity index (χ0) is 12.8. The van der Waals surface area contributed by atoms with Crippen LogP contribution in [0.1, 0.15) is 21.5 Å². The third-order valence-corrected chi connectivity index (χ3v) is 2.09. The number of nitrogens with zero attached hydrogens (tertiary/aromatic N) is 2. The fourth-order valence-electron chi connectivity index (χ4n) is 1.36. The van der Waals surface area contributed by atoms with Gasteiger partial charge < -0.3 is 16.8 Å². The summed E-state index contributed by atoms with van der Waals surface area (Å²) in [6.07, 6.45) is 1.04. The van der Waals surface area contributed by atoms with Crippen molar-refractivity contribution in [3.8, 4) is 0 Å². The number of carbonyl (C=O) groups excluding carboxylic acids is 1. The van der Waals surface area contributed by atoms with Gasteiger partial charge in [0.2, 0.25) is 0 Å². The molecule has 0 saturated heterocycles. The van der Waals surface area contributed by atoms with E-state index in [2.05, 4.69) is 15.5 Å². The van der Waals surface area contributed by atoms with Crippen LogP contribution in [0.4, 0.5) is 0 Å². The number of carbonyl (C=O) groups is 1. The van der Waals surface area contributed by atoms with Crippen molar-refractivity contribution in [2.45, 2.75) is 6.92 Å². The summed E-state index contributed by atoms with van der Waals surface area (Å²) in [4.78, 5) is 11.5. The van der Waals surface area contributed by atoms with Gasteiger partial charge in [0.1, 0.15) is 6.34 Å². The third kappa shape index (κ3) is 3.30. The van der Waals surface area contributed by atoms with Gasteiger partial charge in [0.05, 0.1) is 0 Å². The van der Waals surface area contributed by atoms with Gasteiger partial charge in [-0.1, -0.05) is 0 Å². The predicted octanol–water partition coefficient (Wildman–Crippen LogP) is -0.0381. The van der Waals surface area contributed by atoms with E-state index in [9.17, 15) is 4.79 Å². The van der Waals surface area contributed by atoms with Crippen LogP contribution < -0.4 is 16.8 Å². The summed E-state index contributed by atoms with van der Waals surface area (Å²) in [6.45, 7) is 1.87. The average Bonchev–Trinajstić information content (AvgIpc) is 2.34. The Morgan fingerprint density at radius 1 is 1.35 bits per heavy atom. The Morgan fingerprint density at radius 2 is 2.00 bits per heavy atom. The van der Waals surface area contributed by atoms with Gasteiger partial charge in [0.25, 0.3) is 5.91 Å². The first-order chi connectivity index (χ1) is 8.08. The smallest absolute Gasteiger partial charge is 0.251 e. The fraction of sp³-hybridized carbons (Fsp3) is 0.182. The SMILES string of the molecule is CNC(=O)c1cc(C)cc(/C(N)=N/N=C\N)c1. The van der Waals surface area contributed by atoms with E-state index in [1.807, 2.05) is 13.0 Å². The van der Waals surface area contributed by atoms with Crippen molar-refractivity contribution in [2.75, 3.05) is 7.05 Å².